The number of carbonyl (C=O) groups excluding carboxylic acids is 6. The van der Waals surface area contributed by atoms with E-state index in [4.69, 9.17) is 37.9 Å². The second kappa shape index (κ2) is 28.6. The predicted molar refractivity (Wildman–Crippen MR) is 428 cm³/mol. The molecular weight excluding hydrogens is 1390 g/mol. The number of hydrogen-bond acceptors (Lipinski definition) is 14. The second-order valence-corrected chi connectivity index (χ2v) is 33.3. The first kappa shape index (κ1) is 74.1. The van der Waals surface area contributed by atoms with Crippen LogP contribution in [-0.4, -0.2) is 96.0 Å². The highest BCUT2D eigenvalue weighted by Crippen LogP contribution is 2.58. The van der Waals surface area contributed by atoms with E-state index < -0.39 is 47.5 Å². The molecule has 110 heavy (non-hydrogen) atoms. The monoisotopic (exact) mass is 1480 g/mol. The molecule has 2 N–H and O–H groups in total. The standard InChI is InChI=1S/C92H92N4O14/c1-15-17-69(83(97)93-55-27-39-57(40-28-55)103-47-63-49-105-63)95-85(99)65-43-71(107-59-31-19-51(20-32-59)89(3,4)5)77-79-73(109-61-35-23-53(24-36-61)91(9,10)11)45-67-76-68(88(102)96(87(67)101)70(18-16-2)84(98)94-56-29-41-58(42-30-56)104-48-64-50-106-64)46-74(110-62-37-25-54(26-38-62)92(12,13)14)80(82(76)79)78-72(44-66(86(95)100)75(65)81(77)78)108-60-33-21-52(22-34-60)90(6,7)8/h19-46,63-64,69-70H,15-18,47-50H2,1-14H3,(H,93,97)(H,94,98). The molecule has 4 heterocycles. The molecule has 0 saturated carbocycles. The Balaban J connectivity index is 1.03. The Labute approximate surface area is 640 Å². The van der Waals surface area contributed by atoms with E-state index in [1.54, 1.807) is 72.8 Å². The van der Waals surface area contributed by atoms with E-state index in [0.29, 0.717) is 117 Å². The summed E-state index contributed by atoms with van der Waals surface area (Å²) in [6, 6.07) is 48.3. The molecule has 0 spiro atoms. The van der Waals surface area contributed by atoms with Gasteiger partial charge in [-0.1, -0.05) is 158 Å². The van der Waals surface area contributed by atoms with Crippen LogP contribution in [0.3, 0.4) is 0 Å². The van der Waals surface area contributed by atoms with Gasteiger partial charge in [-0.25, -0.2) is 0 Å². The molecule has 4 aliphatic rings. The maximum Gasteiger partial charge on any atom is 0.262 e. The van der Waals surface area contributed by atoms with Crippen LogP contribution < -0.4 is 39.1 Å². The van der Waals surface area contributed by atoms with E-state index in [2.05, 4.69) is 93.7 Å². The Hall–Kier alpha value is -11.3. The van der Waals surface area contributed by atoms with Crippen molar-refractivity contribution in [1.82, 2.24) is 9.80 Å². The molecule has 0 aromatic heterocycles. The number of amides is 6. The molecular formula is C92H92N4O14. The highest BCUT2D eigenvalue weighted by molar-refractivity contribution is 6.45. The van der Waals surface area contributed by atoms with Crippen LogP contribution >= 0.6 is 0 Å². The maximum absolute atomic E-state index is 16.5. The van der Waals surface area contributed by atoms with Gasteiger partial charge in [0.25, 0.3) is 23.6 Å². The van der Waals surface area contributed by atoms with Crippen molar-refractivity contribution in [3.63, 3.8) is 0 Å². The topological polar surface area (TPSA) is 213 Å². The van der Waals surface area contributed by atoms with Crippen LogP contribution in [0.5, 0.6) is 57.5 Å². The number of carbonyl (C=O) groups is 6. The van der Waals surface area contributed by atoms with Gasteiger partial charge in [0.1, 0.15) is 95.0 Å². The van der Waals surface area contributed by atoms with E-state index in [-0.39, 0.29) is 103 Å². The number of benzene rings is 11. The molecule has 4 atom stereocenters. The van der Waals surface area contributed by atoms with E-state index in [9.17, 15) is 0 Å². The van der Waals surface area contributed by atoms with Gasteiger partial charge >= 0.3 is 0 Å². The largest absolute Gasteiger partial charge is 0.491 e. The fourth-order valence-corrected chi connectivity index (χ4v) is 14.8. The van der Waals surface area contributed by atoms with Gasteiger partial charge in [0.2, 0.25) is 11.8 Å². The average Bonchev–Trinajstić information content (AvgIpc) is 1.48. The van der Waals surface area contributed by atoms with Crippen LogP contribution in [0.25, 0.3) is 43.1 Å². The Morgan fingerprint density at radius 2 is 0.600 bits per heavy atom. The summed E-state index contributed by atoms with van der Waals surface area (Å²) in [5.41, 5.74) is 3.98. The number of epoxide rings is 2. The molecule has 2 saturated heterocycles. The summed E-state index contributed by atoms with van der Waals surface area (Å²) < 4.78 is 52.0. The number of nitrogens with zero attached hydrogens (tertiary/aromatic N) is 2. The Bertz CT molecular complexity index is 4860. The second-order valence-electron chi connectivity index (χ2n) is 33.3. The van der Waals surface area contributed by atoms with Crippen LogP contribution in [-0.2, 0) is 40.7 Å². The third-order valence-corrected chi connectivity index (χ3v) is 21.0. The molecule has 0 bridgehead atoms. The van der Waals surface area contributed by atoms with Crippen molar-refractivity contribution >= 4 is 89.9 Å². The molecule has 0 aliphatic carbocycles. The maximum atomic E-state index is 16.5. The Kier molecular flexibility index (Phi) is 19.3. The van der Waals surface area contributed by atoms with Gasteiger partial charge in [-0.2, -0.15) is 0 Å². The van der Waals surface area contributed by atoms with Gasteiger partial charge < -0.3 is 48.5 Å². The van der Waals surface area contributed by atoms with Crippen molar-refractivity contribution in [1.29, 1.82) is 0 Å². The zero-order chi connectivity index (χ0) is 77.6. The van der Waals surface area contributed by atoms with E-state index in [0.717, 1.165) is 32.1 Å². The van der Waals surface area contributed by atoms with Crippen LogP contribution in [0, 0.1) is 0 Å². The fraction of sp³-hybridized carbons (Fsp3) is 0.326. The number of imide groups is 2. The summed E-state index contributed by atoms with van der Waals surface area (Å²) in [6.07, 6.45) is 1.03. The zero-order valence-corrected chi connectivity index (χ0v) is 64.7. The molecule has 2 fully saturated rings. The molecule has 18 nitrogen and oxygen atoms in total. The van der Waals surface area contributed by atoms with Gasteiger partial charge in [0.05, 0.1) is 35.5 Å². The summed E-state index contributed by atoms with van der Waals surface area (Å²) in [4.78, 5) is 98.4. The summed E-state index contributed by atoms with van der Waals surface area (Å²) in [5.74, 6) is -1.21. The van der Waals surface area contributed by atoms with Gasteiger partial charge in [-0.3, -0.25) is 38.6 Å². The first-order valence-corrected chi connectivity index (χ1v) is 38.0. The summed E-state index contributed by atoms with van der Waals surface area (Å²) >= 11 is 0. The van der Waals surface area contributed by atoms with E-state index >= 15 is 28.8 Å². The third-order valence-electron chi connectivity index (χ3n) is 21.0. The normalized spacial score (nSPS) is 16.2. The molecule has 0 radical (unpaired) electrons. The number of fused-ring (bicyclic) bond motifs is 2. The molecule has 4 unspecified atom stereocenters. The van der Waals surface area contributed by atoms with Crippen molar-refractivity contribution in [2.75, 3.05) is 37.1 Å². The van der Waals surface area contributed by atoms with E-state index in [1.807, 2.05) is 111 Å². The lowest BCUT2D eigenvalue weighted by Crippen LogP contribution is -2.52. The van der Waals surface area contributed by atoms with Crippen molar-refractivity contribution < 1.29 is 66.7 Å². The van der Waals surface area contributed by atoms with Crippen molar-refractivity contribution in [3.05, 3.63) is 214 Å². The predicted octanol–water partition coefficient (Wildman–Crippen LogP) is 20.5. The SMILES string of the molecule is CCCC(C(=O)Nc1ccc(OCC2CO2)cc1)N1C(=O)c2cc(Oc3ccc(C(C)(C)C)cc3)c3c4c(Oc5ccc(C(C)(C)C)cc5)cc5c6c(cc(Oc7ccc(C(C)(C)C)cc7)c(c7c(Oc8ccc(C(C)(C)C)cc8)cc(c2c37)C1=O)c64)C(=O)N(C(CCC)C(=O)Nc1ccc(OCC2CO2)cc1)C5=O. The first-order valence-electron chi connectivity index (χ1n) is 38.0. The fourth-order valence-electron chi connectivity index (χ4n) is 14.8. The molecule has 4 aliphatic heterocycles. The molecule has 15 rings (SSSR count). The smallest absolute Gasteiger partial charge is 0.262 e. The molecule has 11 aromatic rings. The Morgan fingerprint density at radius 1 is 0.364 bits per heavy atom. The van der Waals surface area contributed by atoms with Gasteiger partial charge in [-0.15, -0.1) is 0 Å². The van der Waals surface area contributed by atoms with Gasteiger partial charge in [0, 0.05) is 54.5 Å². The Morgan fingerprint density at radius 3 is 0.818 bits per heavy atom. The van der Waals surface area contributed by atoms with Crippen LogP contribution in [0.15, 0.2) is 170 Å². The molecule has 564 valence electrons. The highest BCUT2D eigenvalue weighted by atomic mass is 16.6. The molecule has 18 heteroatoms. The number of ether oxygens (including phenoxy) is 8. The average molecular weight is 1480 g/mol. The zero-order valence-electron chi connectivity index (χ0n) is 64.7. The number of rotatable bonds is 24. The van der Waals surface area contributed by atoms with Crippen LogP contribution in [0.4, 0.5) is 11.4 Å². The van der Waals surface area contributed by atoms with Crippen LogP contribution in [0.1, 0.15) is 186 Å². The summed E-state index contributed by atoms with van der Waals surface area (Å²) in [5, 5.41) is 8.28. The molecule has 6 amide bonds. The lowest BCUT2D eigenvalue weighted by molar-refractivity contribution is -0.120. The van der Waals surface area contributed by atoms with Crippen molar-refractivity contribution in [2.45, 2.75) is 169 Å². The lowest BCUT2D eigenvalue weighted by atomic mass is 9.80. The minimum atomic E-state index is -1.34. The number of hydrogen-bond donors (Lipinski definition) is 2. The molecule has 11 aromatic carbocycles. The van der Waals surface area contributed by atoms with Gasteiger partial charge in [0.15, 0.2) is 0 Å². The highest BCUT2D eigenvalue weighted by Gasteiger charge is 2.47. The third kappa shape index (κ3) is 14.5. The summed E-state index contributed by atoms with van der Waals surface area (Å²) in [7, 11) is 0. The van der Waals surface area contributed by atoms with Gasteiger partial charge in [-0.05, 0) is 178 Å². The summed E-state index contributed by atoms with van der Waals surface area (Å²) in [6.45, 7) is 31.2. The van der Waals surface area contributed by atoms with Crippen molar-refractivity contribution in [3.8, 4) is 57.5 Å². The first-order chi connectivity index (χ1) is 52.4. The van der Waals surface area contributed by atoms with E-state index in [1.165, 1.54) is 0 Å². The quantitative estimate of drug-likeness (QED) is 0.0249. The minimum absolute atomic E-state index is 0.0285. The lowest BCUT2D eigenvalue weighted by Gasteiger charge is -2.36. The number of anilines is 2. The minimum Gasteiger partial charge on any atom is -0.491 e. The van der Waals surface area contributed by atoms with Crippen molar-refractivity contribution in [2.24, 2.45) is 0 Å². The van der Waals surface area contributed by atoms with Crippen LogP contribution in [0.2, 0.25) is 0 Å². The number of nitrogens with one attached hydrogen (secondary N) is 2.